The molecule has 2 heterocycles. The van der Waals surface area contributed by atoms with Gasteiger partial charge in [-0.1, -0.05) is 24.3 Å². The van der Waals surface area contributed by atoms with Crippen molar-refractivity contribution in [3.8, 4) is 23.1 Å². The van der Waals surface area contributed by atoms with Gasteiger partial charge in [0.1, 0.15) is 29.1 Å². The predicted octanol–water partition coefficient (Wildman–Crippen LogP) is 3.31. The summed E-state index contributed by atoms with van der Waals surface area (Å²) in [6.07, 6.45) is 2.57. The highest BCUT2D eigenvalue weighted by molar-refractivity contribution is 5.59. The molecular weight excluding hydrogens is 380 g/mol. The number of aryl methyl sites for hydroxylation is 1. The van der Waals surface area contributed by atoms with Gasteiger partial charge in [0, 0.05) is 23.7 Å². The van der Waals surface area contributed by atoms with Crippen LogP contribution in [-0.4, -0.2) is 47.3 Å². The average Bonchev–Trinajstić information content (AvgIpc) is 2.73. The first-order valence-corrected chi connectivity index (χ1v) is 9.92. The molecule has 1 aliphatic rings. The SMILES string of the molecule is COc1ccccc1C1c2ccc(O)cc2Oc2ncn(CCCN(C)C)c(=N)c21. The second-order valence-electron chi connectivity index (χ2n) is 7.66. The monoisotopic (exact) mass is 406 g/mol. The Kier molecular flexibility index (Phi) is 5.46. The molecule has 0 aliphatic carbocycles. The number of ether oxygens (including phenoxy) is 2. The van der Waals surface area contributed by atoms with Gasteiger partial charge in [-0.3, -0.25) is 5.41 Å². The summed E-state index contributed by atoms with van der Waals surface area (Å²) in [5, 5.41) is 18.9. The minimum atomic E-state index is -0.290. The fourth-order valence-corrected chi connectivity index (χ4v) is 3.91. The summed E-state index contributed by atoms with van der Waals surface area (Å²) in [7, 11) is 5.72. The molecule has 2 aromatic carbocycles. The number of phenols is 1. The zero-order chi connectivity index (χ0) is 21.3. The van der Waals surface area contributed by atoms with E-state index in [2.05, 4.69) is 9.88 Å². The second kappa shape index (κ2) is 8.20. The second-order valence-corrected chi connectivity index (χ2v) is 7.66. The van der Waals surface area contributed by atoms with Gasteiger partial charge in [-0.25, -0.2) is 4.98 Å². The molecule has 7 heteroatoms. The number of nitrogens with one attached hydrogen (secondary N) is 1. The van der Waals surface area contributed by atoms with Crippen molar-refractivity contribution in [3.05, 3.63) is 71.0 Å². The highest BCUT2D eigenvalue weighted by atomic mass is 16.5. The number of fused-ring (bicyclic) bond motifs is 2. The van der Waals surface area contributed by atoms with E-state index in [-0.39, 0.29) is 11.7 Å². The van der Waals surface area contributed by atoms with Crippen molar-refractivity contribution in [3.63, 3.8) is 0 Å². The quantitative estimate of drug-likeness (QED) is 0.513. The maximum absolute atomic E-state index is 9.96. The van der Waals surface area contributed by atoms with Gasteiger partial charge in [0.15, 0.2) is 0 Å². The minimum absolute atomic E-state index is 0.122. The van der Waals surface area contributed by atoms with Crippen LogP contribution in [0.3, 0.4) is 0 Å². The number of phenolic OH excluding ortho intramolecular Hbond substituents is 1. The third-order valence-corrected chi connectivity index (χ3v) is 5.34. The summed E-state index contributed by atoms with van der Waals surface area (Å²) in [5.41, 5.74) is 2.86. The molecule has 4 rings (SSSR count). The Hall–Kier alpha value is -3.32. The molecule has 1 atom stereocenters. The van der Waals surface area contributed by atoms with E-state index in [4.69, 9.17) is 14.9 Å². The van der Waals surface area contributed by atoms with Gasteiger partial charge in [-0.05, 0) is 39.2 Å². The summed E-state index contributed by atoms with van der Waals surface area (Å²) in [5.74, 6) is 1.49. The summed E-state index contributed by atoms with van der Waals surface area (Å²) in [6.45, 7) is 1.62. The molecule has 1 unspecified atom stereocenters. The fourth-order valence-electron chi connectivity index (χ4n) is 3.91. The molecule has 0 fully saturated rings. The van der Waals surface area contributed by atoms with E-state index in [1.807, 2.05) is 49.0 Å². The Labute approximate surface area is 175 Å². The fraction of sp³-hybridized carbons (Fsp3) is 0.304. The van der Waals surface area contributed by atoms with Gasteiger partial charge < -0.3 is 24.0 Å². The standard InChI is InChI=1S/C23H26N4O3/c1-26(2)11-6-12-27-14-25-23-21(22(27)24)20(16-7-4-5-8-18(16)29-3)17-10-9-15(28)13-19(17)30-23/h4-5,7-10,13-14,20,24,28H,6,11-12H2,1-3H3. The number of aromatic nitrogens is 2. The summed E-state index contributed by atoms with van der Waals surface area (Å²) in [4.78, 5) is 6.65. The molecule has 7 nitrogen and oxygen atoms in total. The van der Waals surface area contributed by atoms with Crippen LogP contribution in [0.2, 0.25) is 0 Å². The van der Waals surface area contributed by atoms with Gasteiger partial charge in [-0.2, -0.15) is 0 Å². The van der Waals surface area contributed by atoms with Crippen LogP contribution in [0.25, 0.3) is 0 Å². The molecule has 0 bridgehead atoms. The first kappa shape index (κ1) is 20.0. The molecule has 0 radical (unpaired) electrons. The third-order valence-electron chi connectivity index (χ3n) is 5.34. The largest absolute Gasteiger partial charge is 0.508 e. The lowest BCUT2D eigenvalue weighted by Crippen LogP contribution is -2.30. The number of hydrogen-bond acceptors (Lipinski definition) is 6. The molecule has 1 aromatic heterocycles. The normalized spacial score (nSPS) is 14.7. The first-order valence-electron chi connectivity index (χ1n) is 9.92. The molecule has 0 amide bonds. The van der Waals surface area contributed by atoms with E-state index in [1.165, 1.54) is 0 Å². The van der Waals surface area contributed by atoms with Crippen LogP contribution in [0.1, 0.15) is 29.0 Å². The summed E-state index contributed by atoms with van der Waals surface area (Å²) >= 11 is 0. The lowest BCUT2D eigenvalue weighted by molar-refractivity contribution is 0.377. The Balaban J connectivity index is 1.88. The van der Waals surface area contributed by atoms with Gasteiger partial charge in [0.25, 0.3) is 0 Å². The number of rotatable bonds is 6. The van der Waals surface area contributed by atoms with Gasteiger partial charge >= 0.3 is 0 Å². The molecule has 0 saturated carbocycles. The molecule has 156 valence electrons. The van der Waals surface area contributed by atoms with Crippen LogP contribution in [0, 0.1) is 5.41 Å². The van der Waals surface area contributed by atoms with Gasteiger partial charge in [0.05, 0.1) is 18.6 Å². The number of para-hydroxylation sites is 1. The first-order chi connectivity index (χ1) is 14.5. The molecule has 0 saturated heterocycles. The number of aromatic hydroxyl groups is 1. The van der Waals surface area contributed by atoms with Crippen molar-refractivity contribution in [2.75, 3.05) is 27.7 Å². The minimum Gasteiger partial charge on any atom is -0.508 e. The highest BCUT2D eigenvalue weighted by Crippen LogP contribution is 2.47. The van der Waals surface area contributed by atoms with E-state index >= 15 is 0 Å². The number of methoxy groups -OCH3 is 1. The van der Waals surface area contributed by atoms with E-state index in [9.17, 15) is 5.11 Å². The molecule has 3 aromatic rings. The molecule has 2 N–H and O–H groups in total. The van der Waals surface area contributed by atoms with Gasteiger partial charge in [-0.15, -0.1) is 0 Å². The van der Waals surface area contributed by atoms with E-state index in [1.54, 1.807) is 25.6 Å². The Morgan fingerprint density at radius 3 is 2.77 bits per heavy atom. The van der Waals surface area contributed by atoms with Crippen molar-refractivity contribution in [2.24, 2.45) is 0 Å². The number of benzene rings is 2. The van der Waals surface area contributed by atoms with Crippen molar-refractivity contribution < 1.29 is 14.6 Å². The Morgan fingerprint density at radius 1 is 1.20 bits per heavy atom. The zero-order valence-corrected chi connectivity index (χ0v) is 17.4. The Bertz CT molecular complexity index is 1120. The van der Waals surface area contributed by atoms with Crippen molar-refractivity contribution in [2.45, 2.75) is 18.9 Å². The van der Waals surface area contributed by atoms with Crippen molar-refractivity contribution in [1.82, 2.24) is 14.5 Å². The highest BCUT2D eigenvalue weighted by Gasteiger charge is 2.33. The van der Waals surface area contributed by atoms with Crippen LogP contribution in [0.5, 0.6) is 23.1 Å². The average molecular weight is 406 g/mol. The topological polar surface area (TPSA) is 83.6 Å². The molecule has 1 aliphatic heterocycles. The van der Waals surface area contributed by atoms with Crippen LogP contribution >= 0.6 is 0 Å². The molecule has 0 spiro atoms. The lowest BCUT2D eigenvalue weighted by atomic mass is 9.83. The lowest BCUT2D eigenvalue weighted by Gasteiger charge is -2.29. The van der Waals surface area contributed by atoms with Crippen LogP contribution in [0.4, 0.5) is 0 Å². The zero-order valence-electron chi connectivity index (χ0n) is 17.4. The van der Waals surface area contributed by atoms with Crippen molar-refractivity contribution >= 4 is 0 Å². The summed E-state index contributed by atoms with van der Waals surface area (Å²) in [6, 6.07) is 12.9. The van der Waals surface area contributed by atoms with Gasteiger partial charge in [0.2, 0.25) is 5.88 Å². The van der Waals surface area contributed by atoms with E-state index in [0.29, 0.717) is 29.2 Å². The third kappa shape index (κ3) is 3.64. The smallest absolute Gasteiger partial charge is 0.228 e. The van der Waals surface area contributed by atoms with Crippen LogP contribution in [-0.2, 0) is 6.54 Å². The van der Waals surface area contributed by atoms with E-state index in [0.717, 1.165) is 29.8 Å². The van der Waals surface area contributed by atoms with E-state index < -0.39 is 0 Å². The predicted molar refractivity (Wildman–Crippen MR) is 113 cm³/mol. The number of nitrogens with zero attached hydrogens (tertiary/aromatic N) is 3. The van der Waals surface area contributed by atoms with Crippen LogP contribution < -0.4 is 15.0 Å². The van der Waals surface area contributed by atoms with Crippen molar-refractivity contribution in [1.29, 1.82) is 5.41 Å². The number of hydrogen-bond donors (Lipinski definition) is 2. The van der Waals surface area contributed by atoms with Crippen LogP contribution in [0.15, 0.2) is 48.8 Å². The maximum atomic E-state index is 9.96. The summed E-state index contributed by atoms with van der Waals surface area (Å²) < 4.78 is 13.5. The Morgan fingerprint density at radius 2 is 2.00 bits per heavy atom. The maximum Gasteiger partial charge on any atom is 0.228 e. The molecule has 30 heavy (non-hydrogen) atoms. The molecular formula is C23H26N4O3.